The number of hydrogen-bond donors (Lipinski definition) is 1. The third-order valence-corrected chi connectivity index (χ3v) is 10.6. The van der Waals surface area contributed by atoms with Crippen molar-refractivity contribution >= 4 is 43.2 Å². The number of carboxylic acid groups (broad SMARTS) is 1. The summed E-state index contributed by atoms with van der Waals surface area (Å²) in [6, 6.07) is 11.3. The van der Waals surface area contributed by atoms with E-state index in [0.29, 0.717) is 21.2 Å². The van der Waals surface area contributed by atoms with Crippen LogP contribution in [0.5, 0.6) is 0 Å². The number of alkyl halides is 3. The summed E-state index contributed by atoms with van der Waals surface area (Å²) < 4.78 is 47.3. The van der Waals surface area contributed by atoms with Gasteiger partial charge in [0.2, 0.25) is 5.71 Å². The molecule has 0 aliphatic rings. The fourth-order valence-electron chi connectivity index (χ4n) is 2.86. The van der Waals surface area contributed by atoms with Crippen molar-refractivity contribution in [3.8, 4) is 0 Å². The Balaban J connectivity index is 2.81. The monoisotopic (exact) mass is 519 g/mol. The minimum atomic E-state index is -5.16. The molecule has 0 aliphatic carbocycles. The quantitative estimate of drug-likeness (QED) is 0.298. The van der Waals surface area contributed by atoms with E-state index < -0.39 is 38.3 Å². The highest BCUT2D eigenvalue weighted by Gasteiger charge is 2.45. The Hall–Kier alpha value is -1.87. The molecule has 2 rings (SSSR count). The van der Waals surface area contributed by atoms with Gasteiger partial charge < -0.3 is 9.53 Å². The molecule has 0 bridgehead atoms. The molecule has 1 N–H and O–H groups in total. The van der Waals surface area contributed by atoms with Gasteiger partial charge in [0.05, 0.1) is 6.10 Å². The maximum atomic E-state index is 13.6. The van der Waals surface area contributed by atoms with E-state index >= 15 is 0 Å². The molecule has 0 heterocycles. The van der Waals surface area contributed by atoms with Crippen molar-refractivity contribution in [1.29, 1.82) is 0 Å². The molecule has 0 unspecified atom stereocenters. The number of aliphatic imine (C=N–C) groups is 1. The van der Waals surface area contributed by atoms with Gasteiger partial charge >= 0.3 is 12.1 Å². The van der Waals surface area contributed by atoms with E-state index in [4.69, 9.17) is 27.6 Å². The lowest BCUT2D eigenvalue weighted by Crippen LogP contribution is -2.43. The molecular formula is C23H26Cl2F3NO3Si. The van der Waals surface area contributed by atoms with Gasteiger partial charge in [0.1, 0.15) is 6.04 Å². The van der Waals surface area contributed by atoms with E-state index in [-0.39, 0.29) is 5.04 Å². The Morgan fingerprint density at radius 1 is 1.00 bits per heavy atom. The van der Waals surface area contributed by atoms with Crippen LogP contribution >= 0.6 is 23.2 Å². The molecule has 2 aromatic rings. The highest BCUT2D eigenvalue weighted by molar-refractivity contribution is 6.74. The van der Waals surface area contributed by atoms with E-state index in [1.54, 1.807) is 24.3 Å². The van der Waals surface area contributed by atoms with Gasteiger partial charge in [-0.15, -0.1) is 0 Å². The van der Waals surface area contributed by atoms with Crippen LogP contribution in [0.25, 0.3) is 0 Å². The molecule has 33 heavy (non-hydrogen) atoms. The standard InChI is InChI=1S/C23H26Cl2F3NO3Si/c1-22(2,3)33(4,5)32-19(15-7-6-8-17(25)13-15)18(14-9-11-16(24)12-10-14)29-20(21(30)31)23(26,27)28/h6-13,18-19H,1-5H3,(H,30,31)/b29-20-/t18-,19-/m1/s1. The second-order valence-corrected chi connectivity index (χ2v) is 14.8. The summed E-state index contributed by atoms with van der Waals surface area (Å²) in [5, 5.41) is 9.74. The SMILES string of the molecule is CC(C)(C)[Si](C)(C)O[C@H](c1cccc(Cl)c1)[C@H](/N=C(/C(=O)O)C(F)(F)F)c1ccc(Cl)cc1. The lowest BCUT2D eigenvalue weighted by atomic mass is 9.96. The third-order valence-electron chi connectivity index (χ3n) is 5.64. The summed E-state index contributed by atoms with van der Waals surface area (Å²) in [5.41, 5.74) is -1.10. The van der Waals surface area contributed by atoms with Crippen LogP contribution in [0.2, 0.25) is 28.2 Å². The predicted octanol–water partition coefficient (Wildman–Crippen LogP) is 7.89. The molecule has 0 aromatic heterocycles. The van der Waals surface area contributed by atoms with Crippen molar-refractivity contribution in [2.24, 2.45) is 4.99 Å². The first-order valence-corrected chi connectivity index (χ1v) is 13.8. The first kappa shape index (κ1) is 27.4. The van der Waals surface area contributed by atoms with Gasteiger partial charge in [-0.1, -0.05) is 68.2 Å². The molecule has 0 saturated carbocycles. The zero-order valence-electron chi connectivity index (χ0n) is 18.9. The van der Waals surface area contributed by atoms with Crippen molar-refractivity contribution in [3.63, 3.8) is 0 Å². The predicted molar refractivity (Wildman–Crippen MR) is 128 cm³/mol. The zero-order chi connectivity index (χ0) is 25.2. The summed E-state index contributed by atoms with van der Waals surface area (Å²) in [7, 11) is -2.57. The zero-order valence-corrected chi connectivity index (χ0v) is 21.4. The van der Waals surface area contributed by atoms with E-state index in [9.17, 15) is 23.1 Å². The van der Waals surface area contributed by atoms with Crippen LogP contribution in [0.3, 0.4) is 0 Å². The minimum absolute atomic E-state index is 0.280. The first-order chi connectivity index (χ1) is 15.0. The molecule has 0 amide bonds. The van der Waals surface area contributed by atoms with E-state index in [0.717, 1.165) is 0 Å². The minimum Gasteiger partial charge on any atom is -0.477 e. The maximum absolute atomic E-state index is 13.6. The Morgan fingerprint density at radius 3 is 2.03 bits per heavy atom. The van der Waals surface area contributed by atoms with Gasteiger partial charge in [-0.25, -0.2) is 4.79 Å². The molecule has 0 spiro atoms. The highest BCUT2D eigenvalue weighted by Crippen LogP contribution is 2.45. The van der Waals surface area contributed by atoms with Crippen LogP contribution in [-0.2, 0) is 9.22 Å². The van der Waals surface area contributed by atoms with Crippen LogP contribution in [-0.4, -0.2) is 31.3 Å². The van der Waals surface area contributed by atoms with Crippen LogP contribution in [0.15, 0.2) is 53.5 Å². The second kappa shape index (κ2) is 10.2. The van der Waals surface area contributed by atoms with Crippen LogP contribution in [0.4, 0.5) is 13.2 Å². The van der Waals surface area contributed by atoms with Gasteiger partial charge in [-0.3, -0.25) is 4.99 Å². The van der Waals surface area contributed by atoms with E-state index in [1.807, 2.05) is 33.9 Å². The molecule has 2 atom stereocenters. The fraction of sp³-hybridized carbons (Fsp3) is 0.391. The topological polar surface area (TPSA) is 58.9 Å². The van der Waals surface area contributed by atoms with Gasteiger partial charge in [-0.05, 0) is 53.5 Å². The van der Waals surface area contributed by atoms with Gasteiger partial charge in [-0.2, -0.15) is 13.2 Å². The molecule has 2 aromatic carbocycles. The molecule has 0 fully saturated rings. The molecule has 0 radical (unpaired) electrons. The highest BCUT2D eigenvalue weighted by atomic mass is 35.5. The molecule has 4 nitrogen and oxygen atoms in total. The van der Waals surface area contributed by atoms with Crippen LogP contribution < -0.4 is 0 Å². The Bertz CT molecular complexity index is 1020. The average molecular weight is 520 g/mol. The summed E-state index contributed by atoms with van der Waals surface area (Å²) in [6.07, 6.45) is -6.19. The molecular weight excluding hydrogens is 494 g/mol. The fourth-order valence-corrected chi connectivity index (χ4v) is 4.44. The number of hydrogen-bond acceptors (Lipinski definition) is 3. The summed E-state index contributed by atoms with van der Waals surface area (Å²) in [5.74, 6) is -2.17. The van der Waals surface area contributed by atoms with Crippen LogP contribution in [0, 0.1) is 0 Å². The molecule has 0 aliphatic heterocycles. The maximum Gasteiger partial charge on any atom is 0.440 e. The second-order valence-electron chi connectivity index (χ2n) is 9.13. The van der Waals surface area contributed by atoms with Gasteiger partial charge in [0, 0.05) is 10.0 Å². The number of carboxylic acids is 1. The van der Waals surface area contributed by atoms with Crippen molar-refractivity contribution < 1.29 is 27.5 Å². The van der Waals surface area contributed by atoms with Gasteiger partial charge in [0.15, 0.2) is 8.32 Å². The lowest BCUT2D eigenvalue weighted by Gasteiger charge is -2.41. The van der Waals surface area contributed by atoms with Gasteiger partial charge in [0.25, 0.3) is 0 Å². The normalized spacial score (nSPS) is 15.3. The van der Waals surface area contributed by atoms with Crippen molar-refractivity contribution in [2.45, 2.75) is 57.2 Å². The lowest BCUT2D eigenvalue weighted by molar-refractivity contribution is -0.133. The average Bonchev–Trinajstić information content (AvgIpc) is 2.66. The molecule has 180 valence electrons. The largest absolute Gasteiger partial charge is 0.477 e. The Morgan fingerprint density at radius 2 is 1.58 bits per heavy atom. The molecule has 10 heteroatoms. The smallest absolute Gasteiger partial charge is 0.440 e. The van der Waals surface area contributed by atoms with Crippen molar-refractivity contribution in [2.75, 3.05) is 0 Å². The number of rotatable bonds is 7. The van der Waals surface area contributed by atoms with Crippen molar-refractivity contribution in [3.05, 3.63) is 69.7 Å². The van der Waals surface area contributed by atoms with Crippen LogP contribution in [0.1, 0.15) is 44.0 Å². The summed E-state index contributed by atoms with van der Waals surface area (Å²) in [4.78, 5) is 15.2. The number of benzene rings is 2. The summed E-state index contributed by atoms with van der Waals surface area (Å²) in [6.45, 7) is 9.89. The molecule has 0 saturated heterocycles. The Kier molecular flexibility index (Phi) is 8.44. The van der Waals surface area contributed by atoms with E-state index in [2.05, 4.69) is 4.99 Å². The Labute approximate surface area is 202 Å². The number of carbonyl (C=O) groups is 1. The number of aliphatic carboxylic acids is 1. The third kappa shape index (κ3) is 7.05. The first-order valence-electron chi connectivity index (χ1n) is 10.1. The van der Waals surface area contributed by atoms with E-state index in [1.165, 1.54) is 24.3 Å². The summed E-state index contributed by atoms with van der Waals surface area (Å²) >= 11 is 12.2. The number of halogens is 5. The van der Waals surface area contributed by atoms with Crippen molar-refractivity contribution in [1.82, 2.24) is 0 Å². The number of nitrogens with zero attached hydrogens (tertiary/aromatic N) is 1.